The molecule has 0 saturated carbocycles. The smallest absolute Gasteiger partial charge is 0.349 e. The Kier molecular flexibility index (Phi) is 3.88. The molecule has 0 bridgehead atoms. The van der Waals surface area contributed by atoms with Crippen LogP contribution in [-0.2, 0) is 0 Å². The molecule has 110 valence electrons. The number of esters is 1. The highest BCUT2D eigenvalue weighted by Gasteiger charge is 2.22. The van der Waals surface area contributed by atoms with Crippen LogP contribution in [0.15, 0.2) is 22.7 Å². The van der Waals surface area contributed by atoms with Crippen LogP contribution in [0, 0.1) is 24.0 Å². The standard InChI is InChI=1S/C13H12N2O6/c1-7-12(8(2)21-14-7)13(16)20-11-6-9(15(17)18)4-5-10(11)19-3/h4-6H,1-3H3. The predicted octanol–water partition coefficient (Wildman–Crippen LogP) is 2.43. The Morgan fingerprint density at radius 1 is 1.33 bits per heavy atom. The van der Waals surface area contributed by atoms with Crippen LogP contribution in [0.5, 0.6) is 11.5 Å². The molecule has 0 saturated heterocycles. The number of non-ortho nitro benzene ring substituents is 1. The Bertz CT molecular complexity index is 687. The molecule has 1 aromatic carbocycles. The van der Waals surface area contributed by atoms with E-state index in [0.29, 0.717) is 11.5 Å². The molecule has 8 heteroatoms. The number of ether oxygens (including phenoxy) is 2. The Hall–Kier alpha value is -2.90. The van der Waals surface area contributed by atoms with Crippen molar-refractivity contribution in [1.82, 2.24) is 5.16 Å². The number of nitro benzene ring substituents is 1. The molecule has 0 fully saturated rings. The molecule has 1 aromatic heterocycles. The lowest BCUT2D eigenvalue weighted by atomic mass is 10.2. The molecule has 8 nitrogen and oxygen atoms in total. The van der Waals surface area contributed by atoms with Crippen LogP contribution in [0.2, 0.25) is 0 Å². The highest BCUT2D eigenvalue weighted by molar-refractivity contribution is 5.93. The van der Waals surface area contributed by atoms with Crippen molar-refractivity contribution in [2.24, 2.45) is 0 Å². The van der Waals surface area contributed by atoms with Gasteiger partial charge in [0.25, 0.3) is 5.69 Å². The molecule has 0 N–H and O–H groups in total. The maximum atomic E-state index is 12.1. The van der Waals surface area contributed by atoms with E-state index in [4.69, 9.17) is 14.0 Å². The molecular formula is C13H12N2O6. The number of carbonyl (C=O) groups is 1. The minimum Gasteiger partial charge on any atom is -0.493 e. The van der Waals surface area contributed by atoms with E-state index in [1.807, 2.05) is 0 Å². The van der Waals surface area contributed by atoms with Gasteiger partial charge in [0, 0.05) is 6.07 Å². The Labute approximate surface area is 119 Å². The van der Waals surface area contributed by atoms with Gasteiger partial charge in [-0.2, -0.15) is 0 Å². The van der Waals surface area contributed by atoms with Gasteiger partial charge in [-0.25, -0.2) is 4.79 Å². The van der Waals surface area contributed by atoms with E-state index in [1.54, 1.807) is 13.8 Å². The SMILES string of the molecule is COc1ccc([N+](=O)[O-])cc1OC(=O)c1c(C)noc1C. The summed E-state index contributed by atoms with van der Waals surface area (Å²) in [5.41, 5.74) is 0.350. The van der Waals surface area contributed by atoms with Crippen molar-refractivity contribution in [2.75, 3.05) is 7.11 Å². The molecule has 2 aromatic rings. The van der Waals surface area contributed by atoms with Gasteiger partial charge in [0.15, 0.2) is 11.5 Å². The third kappa shape index (κ3) is 2.83. The monoisotopic (exact) mass is 292 g/mol. The summed E-state index contributed by atoms with van der Waals surface area (Å²) in [5, 5.41) is 14.4. The summed E-state index contributed by atoms with van der Waals surface area (Å²) in [6, 6.07) is 3.73. The summed E-state index contributed by atoms with van der Waals surface area (Å²) in [6.07, 6.45) is 0. The van der Waals surface area contributed by atoms with Crippen molar-refractivity contribution in [1.29, 1.82) is 0 Å². The minimum atomic E-state index is -0.718. The maximum absolute atomic E-state index is 12.1. The highest BCUT2D eigenvalue weighted by Crippen LogP contribution is 2.32. The largest absolute Gasteiger partial charge is 0.493 e. The number of hydrogen-bond acceptors (Lipinski definition) is 7. The average molecular weight is 292 g/mol. The van der Waals surface area contributed by atoms with Crippen molar-refractivity contribution >= 4 is 11.7 Å². The Balaban J connectivity index is 2.36. The zero-order valence-corrected chi connectivity index (χ0v) is 11.6. The number of aryl methyl sites for hydroxylation is 2. The van der Waals surface area contributed by atoms with Crippen molar-refractivity contribution in [3.8, 4) is 11.5 Å². The van der Waals surface area contributed by atoms with Crippen molar-refractivity contribution < 1.29 is 23.7 Å². The summed E-state index contributed by atoms with van der Waals surface area (Å²) >= 11 is 0. The lowest BCUT2D eigenvalue weighted by Gasteiger charge is -2.08. The quantitative estimate of drug-likeness (QED) is 0.369. The van der Waals surface area contributed by atoms with Crippen LogP contribution < -0.4 is 9.47 Å². The van der Waals surface area contributed by atoms with E-state index in [1.165, 1.54) is 19.2 Å². The molecular weight excluding hydrogens is 280 g/mol. The maximum Gasteiger partial charge on any atom is 0.349 e. The molecule has 0 amide bonds. The molecule has 1 heterocycles. The van der Waals surface area contributed by atoms with Crippen LogP contribution in [0.25, 0.3) is 0 Å². The number of benzene rings is 1. The zero-order valence-electron chi connectivity index (χ0n) is 11.6. The minimum absolute atomic E-state index is 0.0447. The lowest BCUT2D eigenvalue weighted by Crippen LogP contribution is -2.11. The van der Waals surface area contributed by atoms with Crippen LogP contribution in [-0.4, -0.2) is 23.2 Å². The number of methoxy groups -OCH3 is 1. The van der Waals surface area contributed by atoms with E-state index in [-0.39, 0.29) is 22.7 Å². The van der Waals surface area contributed by atoms with Crippen LogP contribution in [0.4, 0.5) is 5.69 Å². The third-order valence-electron chi connectivity index (χ3n) is 2.80. The lowest BCUT2D eigenvalue weighted by molar-refractivity contribution is -0.384. The number of aromatic nitrogens is 1. The van der Waals surface area contributed by atoms with Crippen LogP contribution in [0.3, 0.4) is 0 Å². The fourth-order valence-electron chi connectivity index (χ4n) is 1.78. The fourth-order valence-corrected chi connectivity index (χ4v) is 1.78. The first kappa shape index (κ1) is 14.5. The van der Waals surface area contributed by atoms with Gasteiger partial charge in [0.2, 0.25) is 0 Å². The van der Waals surface area contributed by atoms with Crippen molar-refractivity contribution in [2.45, 2.75) is 13.8 Å². The molecule has 0 radical (unpaired) electrons. The van der Waals surface area contributed by atoms with Gasteiger partial charge in [-0.15, -0.1) is 0 Å². The third-order valence-corrected chi connectivity index (χ3v) is 2.80. The first-order valence-electron chi connectivity index (χ1n) is 5.91. The van der Waals surface area contributed by atoms with Crippen molar-refractivity contribution in [3.63, 3.8) is 0 Å². The second-order valence-electron chi connectivity index (χ2n) is 4.18. The number of nitrogens with zero attached hydrogens (tertiary/aromatic N) is 2. The summed E-state index contributed by atoms with van der Waals surface area (Å²) in [4.78, 5) is 22.3. The van der Waals surface area contributed by atoms with Gasteiger partial charge in [0.05, 0.1) is 23.8 Å². The van der Waals surface area contributed by atoms with Gasteiger partial charge in [0.1, 0.15) is 11.3 Å². The Morgan fingerprint density at radius 3 is 2.57 bits per heavy atom. The molecule has 0 spiro atoms. The van der Waals surface area contributed by atoms with E-state index in [0.717, 1.165) is 6.07 Å². The summed E-state index contributed by atoms with van der Waals surface area (Å²) in [7, 11) is 1.37. The number of nitro groups is 1. The van der Waals surface area contributed by atoms with Crippen LogP contribution in [0.1, 0.15) is 21.8 Å². The molecule has 2 rings (SSSR count). The topological polar surface area (TPSA) is 105 Å². The number of rotatable bonds is 4. The molecule has 0 atom stereocenters. The zero-order chi connectivity index (χ0) is 15.6. The van der Waals surface area contributed by atoms with E-state index in [2.05, 4.69) is 5.16 Å². The average Bonchev–Trinajstić information content (AvgIpc) is 2.78. The first-order valence-corrected chi connectivity index (χ1v) is 5.91. The highest BCUT2D eigenvalue weighted by atomic mass is 16.6. The van der Waals surface area contributed by atoms with E-state index >= 15 is 0 Å². The second kappa shape index (κ2) is 5.61. The van der Waals surface area contributed by atoms with Gasteiger partial charge < -0.3 is 14.0 Å². The van der Waals surface area contributed by atoms with Gasteiger partial charge >= 0.3 is 5.97 Å². The Morgan fingerprint density at radius 2 is 2.05 bits per heavy atom. The molecule has 0 aliphatic carbocycles. The summed E-state index contributed by atoms with van der Waals surface area (Å²) in [5.74, 6) is -0.246. The molecule has 21 heavy (non-hydrogen) atoms. The molecule has 0 unspecified atom stereocenters. The summed E-state index contributed by atoms with van der Waals surface area (Å²) in [6.45, 7) is 3.17. The van der Waals surface area contributed by atoms with Crippen LogP contribution >= 0.6 is 0 Å². The first-order chi connectivity index (χ1) is 9.93. The summed E-state index contributed by atoms with van der Waals surface area (Å²) < 4.78 is 15.1. The van der Waals surface area contributed by atoms with Gasteiger partial charge in [-0.05, 0) is 19.9 Å². The number of carbonyl (C=O) groups excluding carboxylic acids is 1. The number of hydrogen-bond donors (Lipinski definition) is 0. The fraction of sp³-hybridized carbons (Fsp3) is 0.231. The van der Waals surface area contributed by atoms with Gasteiger partial charge in [-0.3, -0.25) is 10.1 Å². The van der Waals surface area contributed by atoms with Gasteiger partial charge in [-0.1, -0.05) is 5.16 Å². The van der Waals surface area contributed by atoms with Crippen molar-refractivity contribution in [3.05, 3.63) is 45.3 Å². The van der Waals surface area contributed by atoms with E-state index < -0.39 is 10.9 Å². The second-order valence-corrected chi connectivity index (χ2v) is 4.18. The van der Waals surface area contributed by atoms with E-state index in [9.17, 15) is 14.9 Å². The predicted molar refractivity (Wildman–Crippen MR) is 70.6 cm³/mol. The molecule has 0 aliphatic heterocycles. The molecule has 0 aliphatic rings. The normalized spacial score (nSPS) is 10.2.